The van der Waals surface area contributed by atoms with E-state index in [0.29, 0.717) is 16.0 Å². The number of benzene rings is 1. The van der Waals surface area contributed by atoms with E-state index in [-0.39, 0.29) is 11.8 Å². The Kier molecular flexibility index (Phi) is 4.73. The van der Waals surface area contributed by atoms with E-state index in [9.17, 15) is 4.39 Å². The molecule has 0 aliphatic heterocycles. The summed E-state index contributed by atoms with van der Waals surface area (Å²) in [5, 5.41) is 3.09. The van der Waals surface area contributed by atoms with E-state index < -0.39 is 5.82 Å². The molecule has 0 saturated carbocycles. The molecule has 0 bridgehead atoms. The number of ether oxygens (including phenoxy) is 1. The van der Waals surface area contributed by atoms with Crippen LogP contribution in [0.1, 0.15) is 13.3 Å². The van der Waals surface area contributed by atoms with Crippen molar-refractivity contribution in [3.63, 3.8) is 0 Å². The maximum absolute atomic E-state index is 13.4. The van der Waals surface area contributed by atoms with E-state index in [0.717, 1.165) is 13.0 Å². The van der Waals surface area contributed by atoms with Crippen LogP contribution in [0.5, 0.6) is 11.6 Å². The first-order valence-electron chi connectivity index (χ1n) is 6.10. The van der Waals surface area contributed by atoms with E-state index in [1.165, 1.54) is 6.07 Å². The zero-order chi connectivity index (χ0) is 14.5. The van der Waals surface area contributed by atoms with Gasteiger partial charge in [0, 0.05) is 18.7 Å². The molecule has 3 N–H and O–H groups in total. The van der Waals surface area contributed by atoms with Gasteiger partial charge in [0.2, 0.25) is 11.8 Å². The Bertz CT molecular complexity index is 609. The van der Waals surface area contributed by atoms with Crippen molar-refractivity contribution in [2.75, 3.05) is 17.6 Å². The van der Waals surface area contributed by atoms with Gasteiger partial charge in [0.25, 0.3) is 0 Å². The second kappa shape index (κ2) is 6.51. The number of nitrogens with zero attached hydrogens (tertiary/aromatic N) is 2. The lowest BCUT2D eigenvalue weighted by Gasteiger charge is -2.09. The molecule has 0 fully saturated rings. The monoisotopic (exact) mass is 340 g/mol. The number of halogens is 2. The summed E-state index contributed by atoms with van der Waals surface area (Å²) in [7, 11) is 0. The molecule has 7 heteroatoms. The van der Waals surface area contributed by atoms with Gasteiger partial charge >= 0.3 is 0 Å². The van der Waals surface area contributed by atoms with Gasteiger partial charge in [0.1, 0.15) is 17.4 Å². The number of hydrogen-bond donors (Lipinski definition) is 2. The molecular weight excluding hydrogens is 327 g/mol. The van der Waals surface area contributed by atoms with Gasteiger partial charge in [-0.15, -0.1) is 0 Å². The predicted octanol–water partition coefficient (Wildman–Crippen LogP) is 3.57. The molecule has 2 aromatic rings. The average molecular weight is 341 g/mol. The number of hydrogen-bond acceptors (Lipinski definition) is 5. The van der Waals surface area contributed by atoms with Crippen molar-refractivity contribution >= 4 is 27.7 Å². The normalized spacial score (nSPS) is 10.3. The quantitative estimate of drug-likeness (QED) is 0.870. The molecule has 106 valence electrons. The van der Waals surface area contributed by atoms with E-state index in [2.05, 4.69) is 31.2 Å². The Hall–Kier alpha value is -1.89. The molecule has 0 atom stereocenters. The fourth-order valence-corrected chi connectivity index (χ4v) is 1.75. The van der Waals surface area contributed by atoms with Crippen LogP contribution in [0.4, 0.5) is 16.2 Å². The molecule has 20 heavy (non-hydrogen) atoms. The average Bonchev–Trinajstić information content (AvgIpc) is 2.40. The Labute approximate surface area is 124 Å². The largest absolute Gasteiger partial charge is 0.439 e. The fraction of sp³-hybridized carbons (Fsp3) is 0.231. The lowest BCUT2D eigenvalue weighted by Crippen LogP contribution is -2.05. The molecule has 2 rings (SSSR count). The summed E-state index contributed by atoms with van der Waals surface area (Å²) in [5.41, 5.74) is 5.62. The molecule has 0 radical (unpaired) electrons. The molecule has 0 unspecified atom stereocenters. The Morgan fingerprint density at radius 3 is 2.85 bits per heavy atom. The van der Waals surface area contributed by atoms with Crippen molar-refractivity contribution < 1.29 is 9.13 Å². The first-order chi connectivity index (χ1) is 9.58. The molecule has 0 aliphatic carbocycles. The van der Waals surface area contributed by atoms with Crippen LogP contribution in [-0.4, -0.2) is 16.5 Å². The van der Waals surface area contributed by atoms with Crippen LogP contribution in [0.25, 0.3) is 0 Å². The maximum Gasteiger partial charge on any atom is 0.226 e. The first kappa shape index (κ1) is 14.5. The van der Waals surface area contributed by atoms with E-state index in [4.69, 9.17) is 10.5 Å². The predicted molar refractivity (Wildman–Crippen MR) is 79.4 cm³/mol. The minimum atomic E-state index is -0.408. The van der Waals surface area contributed by atoms with Crippen LogP contribution in [0.15, 0.2) is 28.7 Å². The minimum Gasteiger partial charge on any atom is -0.439 e. The summed E-state index contributed by atoms with van der Waals surface area (Å²) in [6, 6.07) is 6.07. The number of aromatic nitrogens is 2. The van der Waals surface area contributed by atoms with Crippen LogP contribution >= 0.6 is 15.9 Å². The lowest BCUT2D eigenvalue weighted by molar-refractivity contribution is 0.457. The minimum absolute atomic E-state index is 0.0960. The van der Waals surface area contributed by atoms with Gasteiger partial charge in [-0.25, -0.2) is 4.39 Å². The summed E-state index contributed by atoms with van der Waals surface area (Å²) >= 11 is 3.08. The van der Waals surface area contributed by atoms with Gasteiger partial charge in [-0.1, -0.05) is 6.92 Å². The zero-order valence-electron chi connectivity index (χ0n) is 10.9. The van der Waals surface area contributed by atoms with Crippen molar-refractivity contribution in [2.24, 2.45) is 0 Å². The van der Waals surface area contributed by atoms with Crippen molar-refractivity contribution in [2.45, 2.75) is 13.3 Å². The smallest absolute Gasteiger partial charge is 0.226 e. The topological polar surface area (TPSA) is 73.1 Å². The van der Waals surface area contributed by atoms with Crippen molar-refractivity contribution in [3.05, 3.63) is 34.6 Å². The Morgan fingerprint density at radius 2 is 2.15 bits per heavy atom. The third-order valence-corrected chi connectivity index (χ3v) is 3.03. The molecule has 0 spiro atoms. The van der Waals surface area contributed by atoms with Crippen molar-refractivity contribution in [3.8, 4) is 11.6 Å². The fourth-order valence-electron chi connectivity index (χ4n) is 1.50. The Balaban J connectivity index is 2.19. The molecule has 1 aromatic carbocycles. The summed E-state index contributed by atoms with van der Waals surface area (Å²) in [5.74, 6) is 0.863. The SMILES string of the molecule is CCCNc1cc(Oc2ccc(Br)c(F)c2)nc(N)n1. The van der Waals surface area contributed by atoms with Gasteiger partial charge in [-0.2, -0.15) is 9.97 Å². The second-order valence-electron chi connectivity index (χ2n) is 4.05. The van der Waals surface area contributed by atoms with Gasteiger partial charge in [-0.3, -0.25) is 0 Å². The summed E-state index contributed by atoms with van der Waals surface area (Å²) in [6.07, 6.45) is 0.956. The zero-order valence-corrected chi connectivity index (χ0v) is 12.4. The maximum atomic E-state index is 13.4. The number of anilines is 2. The number of nitrogens with one attached hydrogen (secondary N) is 1. The molecule has 1 heterocycles. The van der Waals surface area contributed by atoms with Crippen LogP contribution in [-0.2, 0) is 0 Å². The van der Waals surface area contributed by atoms with Crippen molar-refractivity contribution in [1.82, 2.24) is 9.97 Å². The highest BCUT2D eigenvalue weighted by Crippen LogP contribution is 2.26. The van der Waals surface area contributed by atoms with E-state index >= 15 is 0 Å². The van der Waals surface area contributed by atoms with Crippen LogP contribution in [0, 0.1) is 5.82 Å². The third-order valence-electron chi connectivity index (χ3n) is 2.39. The molecular formula is C13H14BrFN4O. The number of rotatable bonds is 5. The van der Waals surface area contributed by atoms with Crippen LogP contribution < -0.4 is 15.8 Å². The number of nitrogens with two attached hydrogens (primary N) is 1. The first-order valence-corrected chi connectivity index (χ1v) is 6.89. The molecule has 0 aliphatic rings. The highest BCUT2D eigenvalue weighted by atomic mass is 79.9. The van der Waals surface area contributed by atoms with E-state index in [1.54, 1.807) is 18.2 Å². The number of nitrogen functional groups attached to an aromatic ring is 1. The second-order valence-corrected chi connectivity index (χ2v) is 4.91. The van der Waals surface area contributed by atoms with E-state index in [1.807, 2.05) is 6.92 Å². The standard InChI is InChI=1S/C13H14BrFN4O/c1-2-5-17-11-7-12(19-13(16)18-11)20-8-3-4-9(14)10(15)6-8/h3-4,6-7H,2,5H2,1H3,(H3,16,17,18,19). The van der Waals surface area contributed by atoms with Crippen molar-refractivity contribution in [1.29, 1.82) is 0 Å². The highest BCUT2D eigenvalue weighted by Gasteiger charge is 2.06. The van der Waals surface area contributed by atoms with Gasteiger partial charge < -0.3 is 15.8 Å². The summed E-state index contributed by atoms with van der Waals surface area (Å²) in [6.45, 7) is 2.81. The van der Waals surface area contributed by atoms with Crippen LogP contribution in [0.2, 0.25) is 0 Å². The van der Waals surface area contributed by atoms with Crippen LogP contribution in [0.3, 0.4) is 0 Å². The summed E-state index contributed by atoms with van der Waals surface area (Å²) < 4.78 is 19.3. The molecule has 0 saturated heterocycles. The van der Waals surface area contributed by atoms with Gasteiger partial charge in [-0.05, 0) is 34.5 Å². The van der Waals surface area contributed by atoms with Gasteiger partial charge in [0.05, 0.1) is 4.47 Å². The highest BCUT2D eigenvalue weighted by molar-refractivity contribution is 9.10. The lowest BCUT2D eigenvalue weighted by atomic mass is 10.3. The Morgan fingerprint density at radius 1 is 1.35 bits per heavy atom. The molecule has 5 nitrogen and oxygen atoms in total. The third kappa shape index (κ3) is 3.80. The van der Waals surface area contributed by atoms with Gasteiger partial charge in [0.15, 0.2) is 0 Å². The summed E-state index contributed by atoms with van der Waals surface area (Å²) in [4.78, 5) is 8.00. The molecule has 0 amide bonds. The molecule has 1 aromatic heterocycles.